The number of fused-ring (bicyclic) bond motifs is 1. The SMILES string of the molecule is CN=C(NCC1CN2CCCC2CO1)NCC1(c2ccccc2)CCCC1.I. The lowest BCUT2D eigenvalue weighted by atomic mass is 9.79. The molecule has 28 heavy (non-hydrogen) atoms. The van der Waals surface area contributed by atoms with Gasteiger partial charge in [0.05, 0.1) is 12.7 Å². The van der Waals surface area contributed by atoms with Crippen molar-refractivity contribution in [3.05, 3.63) is 35.9 Å². The fourth-order valence-corrected chi connectivity index (χ4v) is 5.10. The molecular weight excluding hydrogens is 463 g/mol. The van der Waals surface area contributed by atoms with Gasteiger partial charge in [-0.3, -0.25) is 9.89 Å². The minimum Gasteiger partial charge on any atom is -0.373 e. The van der Waals surface area contributed by atoms with E-state index in [1.165, 1.54) is 50.6 Å². The molecule has 2 N–H and O–H groups in total. The van der Waals surface area contributed by atoms with Crippen LogP contribution in [-0.2, 0) is 10.2 Å². The Morgan fingerprint density at radius 3 is 2.71 bits per heavy atom. The fraction of sp³-hybridized carbons (Fsp3) is 0.682. The summed E-state index contributed by atoms with van der Waals surface area (Å²) in [7, 11) is 1.86. The molecule has 2 saturated heterocycles. The first-order valence-corrected chi connectivity index (χ1v) is 10.6. The number of aliphatic imine (C=N–C) groups is 1. The molecule has 1 aromatic rings. The summed E-state index contributed by atoms with van der Waals surface area (Å²) >= 11 is 0. The molecule has 156 valence electrons. The van der Waals surface area contributed by atoms with Crippen LogP contribution in [0.5, 0.6) is 0 Å². The van der Waals surface area contributed by atoms with E-state index in [1.54, 1.807) is 0 Å². The monoisotopic (exact) mass is 498 g/mol. The van der Waals surface area contributed by atoms with Crippen LogP contribution in [0.4, 0.5) is 0 Å². The second-order valence-corrected chi connectivity index (χ2v) is 8.41. The van der Waals surface area contributed by atoms with Gasteiger partial charge in [0.2, 0.25) is 0 Å². The van der Waals surface area contributed by atoms with Crippen LogP contribution in [-0.4, -0.2) is 62.8 Å². The Morgan fingerprint density at radius 1 is 1.18 bits per heavy atom. The highest BCUT2D eigenvalue weighted by molar-refractivity contribution is 14.0. The lowest BCUT2D eigenvalue weighted by Gasteiger charge is -2.35. The zero-order chi connectivity index (χ0) is 18.5. The second kappa shape index (κ2) is 10.3. The molecule has 3 aliphatic rings. The first kappa shape index (κ1) is 21.8. The number of hydrogen-bond donors (Lipinski definition) is 2. The van der Waals surface area contributed by atoms with E-state index in [-0.39, 0.29) is 35.5 Å². The summed E-state index contributed by atoms with van der Waals surface area (Å²) < 4.78 is 6.07. The van der Waals surface area contributed by atoms with Gasteiger partial charge in [0.15, 0.2) is 5.96 Å². The van der Waals surface area contributed by atoms with Crippen LogP contribution >= 0.6 is 24.0 Å². The van der Waals surface area contributed by atoms with Crippen molar-refractivity contribution in [3.63, 3.8) is 0 Å². The number of halogens is 1. The molecule has 2 atom stereocenters. The molecule has 2 unspecified atom stereocenters. The average Bonchev–Trinajstić information content (AvgIpc) is 3.38. The van der Waals surface area contributed by atoms with Gasteiger partial charge < -0.3 is 15.4 Å². The third kappa shape index (κ3) is 5.00. The molecule has 0 aromatic heterocycles. The summed E-state index contributed by atoms with van der Waals surface area (Å²) in [5.41, 5.74) is 1.70. The van der Waals surface area contributed by atoms with Crippen molar-refractivity contribution >= 4 is 29.9 Å². The van der Waals surface area contributed by atoms with E-state index >= 15 is 0 Å². The molecule has 4 rings (SSSR count). The zero-order valence-electron chi connectivity index (χ0n) is 17.0. The Bertz CT molecular complexity index is 633. The summed E-state index contributed by atoms with van der Waals surface area (Å²) in [5, 5.41) is 7.11. The highest BCUT2D eigenvalue weighted by Gasteiger charge is 2.36. The molecule has 6 heteroatoms. The maximum Gasteiger partial charge on any atom is 0.191 e. The maximum atomic E-state index is 6.07. The van der Waals surface area contributed by atoms with E-state index in [9.17, 15) is 0 Å². The number of hydrogen-bond acceptors (Lipinski definition) is 3. The molecular formula is C22H35IN4O. The summed E-state index contributed by atoms with van der Waals surface area (Å²) in [6.45, 7) is 4.92. The summed E-state index contributed by atoms with van der Waals surface area (Å²) in [4.78, 5) is 7.04. The highest BCUT2D eigenvalue weighted by Crippen LogP contribution is 2.40. The lowest BCUT2D eigenvalue weighted by molar-refractivity contribution is -0.0453. The van der Waals surface area contributed by atoms with Gasteiger partial charge in [0.25, 0.3) is 0 Å². The Morgan fingerprint density at radius 2 is 1.96 bits per heavy atom. The molecule has 0 radical (unpaired) electrons. The predicted octanol–water partition coefficient (Wildman–Crippen LogP) is 3.14. The zero-order valence-corrected chi connectivity index (χ0v) is 19.4. The summed E-state index contributed by atoms with van der Waals surface area (Å²) in [6.07, 6.45) is 8.01. The van der Waals surface area contributed by atoms with Crippen molar-refractivity contribution in [3.8, 4) is 0 Å². The van der Waals surface area contributed by atoms with Crippen molar-refractivity contribution in [2.24, 2.45) is 4.99 Å². The van der Waals surface area contributed by atoms with E-state index in [1.807, 2.05) is 7.05 Å². The first-order chi connectivity index (χ1) is 13.3. The Hall–Kier alpha value is -0.860. The van der Waals surface area contributed by atoms with Gasteiger partial charge in [0.1, 0.15) is 0 Å². The Balaban J connectivity index is 0.00000225. The molecule has 0 bridgehead atoms. The van der Waals surface area contributed by atoms with Gasteiger partial charge in [-0.1, -0.05) is 43.2 Å². The van der Waals surface area contributed by atoms with Crippen molar-refractivity contribution < 1.29 is 4.74 Å². The van der Waals surface area contributed by atoms with Gasteiger partial charge >= 0.3 is 0 Å². The molecule has 1 aromatic carbocycles. The van der Waals surface area contributed by atoms with Crippen molar-refractivity contribution in [1.82, 2.24) is 15.5 Å². The number of ether oxygens (including phenoxy) is 1. The number of nitrogens with zero attached hydrogens (tertiary/aromatic N) is 2. The second-order valence-electron chi connectivity index (χ2n) is 8.41. The van der Waals surface area contributed by atoms with E-state index in [4.69, 9.17) is 4.74 Å². The number of guanidine groups is 1. The summed E-state index contributed by atoms with van der Waals surface area (Å²) in [5.74, 6) is 0.893. The molecule has 0 amide bonds. The lowest BCUT2D eigenvalue weighted by Crippen LogP contribution is -2.52. The van der Waals surface area contributed by atoms with E-state index in [0.717, 1.165) is 32.2 Å². The van der Waals surface area contributed by atoms with E-state index in [0.29, 0.717) is 6.04 Å². The average molecular weight is 498 g/mol. The number of benzene rings is 1. The standard InChI is InChI=1S/C22H34N4O.HI/c1-23-21(24-14-20-15-26-13-7-10-19(26)16-27-20)25-17-22(11-5-6-12-22)18-8-3-2-4-9-18;/h2-4,8-9,19-20H,5-7,10-17H2,1H3,(H2,23,24,25);1H. The number of nitrogens with one attached hydrogen (secondary N) is 2. The van der Waals surface area contributed by atoms with Crippen LogP contribution in [0.2, 0.25) is 0 Å². The Labute approximate surface area is 186 Å². The van der Waals surface area contributed by atoms with Crippen LogP contribution in [0.25, 0.3) is 0 Å². The maximum absolute atomic E-state index is 6.07. The smallest absolute Gasteiger partial charge is 0.191 e. The minimum absolute atomic E-state index is 0. The van der Waals surface area contributed by atoms with Gasteiger partial charge in [-0.05, 0) is 37.8 Å². The Kier molecular flexibility index (Phi) is 8.00. The van der Waals surface area contributed by atoms with Crippen molar-refractivity contribution in [2.75, 3.05) is 39.8 Å². The van der Waals surface area contributed by atoms with Crippen LogP contribution < -0.4 is 10.6 Å². The highest BCUT2D eigenvalue weighted by atomic mass is 127. The predicted molar refractivity (Wildman–Crippen MR) is 126 cm³/mol. The molecule has 2 aliphatic heterocycles. The molecule has 2 heterocycles. The quantitative estimate of drug-likeness (QED) is 0.372. The van der Waals surface area contributed by atoms with Gasteiger partial charge in [-0.15, -0.1) is 24.0 Å². The molecule has 5 nitrogen and oxygen atoms in total. The molecule has 0 spiro atoms. The topological polar surface area (TPSA) is 48.9 Å². The van der Waals surface area contributed by atoms with Crippen LogP contribution in [0.15, 0.2) is 35.3 Å². The molecule has 3 fully saturated rings. The van der Waals surface area contributed by atoms with Gasteiger partial charge in [-0.2, -0.15) is 0 Å². The third-order valence-corrected chi connectivity index (χ3v) is 6.72. The number of rotatable bonds is 5. The van der Waals surface area contributed by atoms with Crippen molar-refractivity contribution in [2.45, 2.75) is 56.1 Å². The number of morpholine rings is 1. The van der Waals surface area contributed by atoms with Crippen LogP contribution in [0.1, 0.15) is 44.1 Å². The molecule has 1 aliphatic carbocycles. The van der Waals surface area contributed by atoms with Gasteiger partial charge in [0, 0.05) is 38.1 Å². The third-order valence-electron chi connectivity index (χ3n) is 6.72. The van der Waals surface area contributed by atoms with E-state index in [2.05, 4.69) is 50.9 Å². The first-order valence-electron chi connectivity index (χ1n) is 10.6. The largest absolute Gasteiger partial charge is 0.373 e. The van der Waals surface area contributed by atoms with Crippen molar-refractivity contribution in [1.29, 1.82) is 0 Å². The normalized spacial score (nSPS) is 27.1. The fourth-order valence-electron chi connectivity index (χ4n) is 5.10. The summed E-state index contributed by atoms with van der Waals surface area (Å²) in [6, 6.07) is 11.7. The van der Waals surface area contributed by atoms with Crippen LogP contribution in [0.3, 0.4) is 0 Å². The van der Waals surface area contributed by atoms with Crippen LogP contribution in [0, 0.1) is 0 Å². The minimum atomic E-state index is 0. The van der Waals surface area contributed by atoms with E-state index < -0.39 is 0 Å². The molecule has 1 saturated carbocycles. The van der Waals surface area contributed by atoms with Gasteiger partial charge in [-0.25, -0.2) is 0 Å².